The highest BCUT2D eigenvalue weighted by Gasteiger charge is 2.48. The fourth-order valence-corrected chi connectivity index (χ4v) is 4.83. The summed E-state index contributed by atoms with van der Waals surface area (Å²) in [5, 5.41) is 10.8. The summed E-state index contributed by atoms with van der Waals surface area (Å²) in [4.78, 5) is 0. The zero-order valence-corrected chi connectivity index (χ0v) is 19.3. The van der Waals surface area contributed by atoms with E-state index in [0.717, 1.165) is 31.3 Å². The van der Waals surface area contributed by atoms with Gasteiger partial charge in [0.05, 0.1) is 18.3 Å². The van der Waals surface area contributed by atoms with Crippen LogP contribution in [0.25, 0.3) is 0 Å². The molecule has 0 radical (unpaired) electrons. The molecule has 1 saturated heterocycles. The van der Waals surface area contributed by atoms with Gasteiger partial charge in [-0.2, -0.15) is 0 Å². The van der Waals surface area contributed by atoms with E-state index < -0.39 is 0 Å². The first-order valence-electron chi connectivity index (χ1n) is 11.1. The number of hydrogen-bond donors (Lipinski definition) is 1. The zero-order chi connectivity index (χ0) is 21.6. The van der Waals surface area contributed by atoms with E-state index in [2.05, 4.69) is 39.8 Å². The Hall–Kier alpha value is -0.720. The second-order valence-corrected chi connectivity index (χ2v) is 8.82. The minimum atomic E-state index is -0.308. The fourth-order valence-electron chi connectivity index (χ4n) is 4.83. The third-order valence-electron chi connectivity index (χ3n) is 6.95. The number of allylic oxidation sites excluding steroid dienone is 2. The van der Waals surface area contributed by atoms with E-state index in [1.54, 1.807) is 21.3 Å². The van der Waals surface area contributed by atoms with Gasteiger partial charge in [0, 0.05) is 33.7 Å². The molecule has 29 heavy (non-hydrogen) atoms. The highest BCUT2D eigenvalue weighted by molar-refractivity contribution is 5.17. The molecular formula is C24H42O5. The van der Waals surface area contributed by atoms with Gasteiger partial charge >= 0.3 is 0 Å². The average molecular weight is 411 g/mol. The van der Waals surface area contributed by atoms with Gasteiger partial charge in [0.25, 0.3) is 0 Å². The zero-order valence-electron chi connectivity index (χ0n) is 19.3. The first kappa shape index (κ1) is 24.5. The van der Waals surface area contributed by atoms with E-state index in [9.17, 15) is 5.11 Å². The minimum Gasteiger partial charge on any atom is -0.392 e. The minimum absolute atomic E-state index is 0.0510. The molecule has 5 nitrogen and oxygen atoms in total. The molecule has 5 heteroatoms. The molecule has 168 valence electrons. The van der Waals surface area contributed by atoms with E-state index in [-0.39, 0.29) is 36.6 Å². The van der Waals surface area contributed by atoms with Crippen molar-refractivity contribution in [2.75, 3.05) is 21.3 Å². The molecule has 2 fully saturated rings. The Morgan fingerprint density at radius 3 is 2.45 bits per heavy atom. The highest BCUT2D eigenvalue weighted by atomic mass is 16.7. The van der Waals surface area contributed by atoms with Crippen LogP contribution in [0.4, 0.5) is 0 Å². The van der Waals surface area contributed by atoms with Gasteiger partial charge in [-0.25, -0.2) is 0 Å². The van der Waals surface area contributed by atoms with Crippen LogP contribution in [0.2, 0.25) is 0 Å². The number of aliphatic hydroxyl groups is 1. The number of methoxy groups -OCH3 is 3. The van der Waals surface area contributed by atoms with Crippen molar-refractivity contribution in [2.24, 2.45) is 23.7 Å². The van der Waals surface area contributed by atoms with Crippen LogP contribution < -0.4 is 0 Å². The third kappa shape index (κ3) is 6.38. The number of ether oxygens (including phenoxy) is 4. The SMILES string of the molecule is CC[C@H](OC)[C@@H](C)[C@@H]1C[C@H]1[C@H](O)[C@@H](C)/C=C/C=C(\C)[C@@H]1O[C@@H](OC)CC[C@H]1OC. The Bertz CT molecular complexity index is 541. The molecule has 1 N–H and O–H groups in total. The van der Waals surface area contributed by atoms with Gasteiger partial charge in [-0.3, -0.25) is 0 Å². The van der Waals surface area contributed by atoms with Crippen LogP contribution in [0.1, 0.15) is 53.4 Å². The summed E-state index contributed by atoms with van der Waals surface area (Å²) < 4.78 is 22.6. The quantitative estimate of drug-likeness (QED) is 0.513. The summed E-state index contributed by atoms with van der Waals surface area (Å²) in [5.41, 5.74) is 1.11. The molecule has 0 bridgehead atoms. The molecule has 0 aromatic rings. The molecule has 0 amide bonds. The summed E-state index contributed by atoms with van der Waals surface area (Å²) in [6.45, 7) is 8.57. The highest BCUT2D eigenvalue weighted by Crippen LogP contribution is 2.49. The molecule has 0 spiro atoms. The van der Waals surface area contributed by atoms with Gasteiger partial charge in [-0.15, -0.1) is 0 Å². The topological polar surface area (TPSA) is 57.2 Å². The van der Waals surface area contributed by atoms with Crippen molar-refractivity contribution in [1.29, 1.82) is 0 Å². The molecule has 0 unspecified atom stereocenters. The molecule has 1 saturated carbocycles. The van der Waals surface area contributed by atoms with Crippen molar-refractivity contribution in [2.45, 2.75) is 84.1 Å². The standard InChI is InChI=1S/C24H42O5/c1-8-20(26-5)17(4)18-14-19(18)23(25)15(2)10-9-11-16(3)24-21(27-6)12-13-22(28-7)29-24/h9-11,15,17-25H,8,12-14H2,1-7H3/b10-9+,16-11+/t15-,17-,18-,19+,20-,21+,22+,23+,24-/m0/s1. The maximum Gasteiger partial charge on any atom is 0.158 e. The van der Waals surface area contributed by atoms with Crippen molar-refractivity contribution >= 4 is 0 Å². The Balaban J connectivity index is 1.90. The third-order valence-corrected chi connectivity index (χ3v) is 6.95. The van der Waals surface area contributed by atoms with E-state index in [0.29, 0.717) is 17.8 Å². The number of hydrogen-bond acceptors (Lipinski definition) is 5. The Labute approximate surface area is 177 Å². The Kier molecular flexibility index (Phi) is 9.83. The van der Waals surface area contributed by atoms with Crippen LogP contribution in [0, 0.1) is 23.7 Å². The van der Waals surface area contributed by atoms with E-state index in [1.807, 2.05) is 6.08 Å². The lowest BCUT2D eigenvalue weighted by atomic mass is 9.91. The lowest BCUT2D eigenvalue weighted by Crippen LogP contribution is -2.41. The Morgan fingerprint density at radius 2 is 1.86 bits per heavy atom. The number of aliphatic hydroxyl groups excluding tert-OH is 1. The van der Waals surface area contributed by atoms with E-state index in [1.165, 1.54) is 0 Å². The number of rotatable bonds is 11. The summed E-state index contributed by atoms with van der Waals surface area (Å²) in [7, 11) is 5.20. The summed E-state index contributed by atoms with van der Waals surface area (Å²) >= 11 is 0. The van der Waals surface area contributed by atoms with Crippen molar-refractivity contribution in [3.05, 3.63) is 23.8 Å². The molecule has 0 aromatic heterocycles. The van der Waals surface area contributed by atoms with Gasteiger partial charge < -0.3 is 24.1 Å². The second-order valence-electron chi connectivity index (χ2n) is 8.82. The van der Waals surface area contributed by atoms with Gasteiger partial charge in [0.1, 0.15) is 6.10 Å². The van der Waals surface area contributed by atoms with Crippen LogP contribution >= 0.6 is 0 Å². The van der Waals surface area contributed by atoms with Crippen LogP contribution in [0.5, 0.6) is 0 Å². The van der Waals surface area contributed by atoms with Gasteiger partial charge in [0.2, 0.25) is 0 Å². The summed E-state index contributed by atoms with van der Waals surface area (Å²) in [6.07, 6.45) is 9.85. The normalized spacial score (nSPS) is 34.8. The fraction of sp³-hybridized carbons (Fsp3) is 0.833. The first-order chi connectivity index (χ1) is 13.9. The molecular weight excluding hydrogens is 368 g/mol. The predicted octanol–water partition coefficient (Wildman–Crippen LogP) is 4.35. The molecule has 9 atom stereocenters. The van der Waals surface area contributed by atoms with Crippen LogP contribution in [-0.2, 0) is 18.9 Å². The lowest BCUT2D eigenvalue weighted by Gasteiger charge is -2.35. The van der Waals surface area contributed by atoms with Crippen molar-refractivity contribution in [3.8, 4) is 0 Å². The summed E-state index contributed by atoms with van der Waals surface area (Å²) in [6, 6.07) is 0. The maximum absolute atomic E-state index is 10.8. The molecule has 1 aliphatic carbocycles. The Morgan fingerprint density at radius 1 is 1.14 bits per heavy atom. The van der Waals surface area contributed by atoms with Gasteiger partial charge in [-0.05, 0) is 49.5 Å². The first-order valence-corrected chi connectivity index (χ1v) is 11.1. The predicted molar refractivity (Wildman–Crippen MR) is 116 cm³/mol. The maximum atomic E-state index is 10.8. The van der Waals surface area contributed by atoms with Crippen molar-refractivity contribution < 1.29 is 24.1 Å². The van der Waals surface area contributed by atoms with Crippen LogP contribution in [0.15, 0.2) is 23.8 Å². The van der Waals surface area contributed by atoms with Crippen molar-refractivity contribution in [3.63, 3.8) is 0 Å². The van der Waals surface area contributed by atoms with Gasteiger partial charge in [-0.1, -0.05) is 39.0 Å². The largest absolute Gasteiger partial charge is 0.392 e. The molecule has 1 aliphatic heterocycles. The van der Waals surface area contributed by atoms with E-state index >= 15 is 0 Å². The summed E-state index contributed by atoms with van der Waals surface area (Å²) in [5.74, 6) is 1.54. The molecule has 2 aliphatic rings. The van der Waals surface area contributed by atoms with Crippen molar-refractivity contribution in [1.82, 2.24) is 0 Å². The molecule has 0 aromatic carbocycles. The molecule has 1 heterocycles. The van der Waals surface area contributed by atoms with Gasteiger partial charge in [0.15, 0.2) is 6.29 Å². The smallest absolute Gasteiger partial charge is 0.158 e. The van der Waals surface area contributed by atoms with E-state index in [4.69, 9.17) is 18.9 Å². The lowest BCUT2D eigenvalue weighted by molar-refractivity contribution is -0.205. The second kappa shape index (κ2) is 11.6. The molecule has 2 rings (SSSR count). The monoisotopic (exact) mass is 410 g/mol. The average Bonchev–Trinajstić information content (AvgIpc) is 3.54. The van der Waals surface area contributed by atoms with Crippen LogP contribution in [0.3, 0.4) is 0 Å². The van der Waals surface area contributed by atoms with Crippen LogP contribution in [-0.4, -0.2) is 57.1 Å².